The first-order valence-corrected chi connectivity index (χ1v) is 4.95. The first kappa shape index (κ1) is 11.2. The molecule has 0 aromatic carbocycles. The average molecular weight is 233 g/mol. The number of hydrogen-bond acceptors (Lipinski definition) is 5. The molecule has 2 rings (SSSR count). The van der Waals surface area contributed by atoms with Crippen molar-refractivity contribution < 1.29 is 13.9 Å². The van der Waals surface area contributed by atoms with Crippen LogP contribution in [0.1, 0.15) is 25.5 Å². The molecule has 0 spiro atoms. The topological polar surface area (TPSA) is 75.9 Å². The molecule has 0 unspecified atom stereocenters. The summed E-state index contributed by atoms with van der Waals surface area (Å²) >= 11 is 0. The predicted octanol–water partition coefficient (Wildman–Crippen LogP) is 1.50. The van der Waals surface area contributed by atoms with Crippen LogP contribution in [0.3, 0.4) is 0 Å². The van der Waals surface area contributed by atoms with E-state index in [2.05, 4.69) is 9.97 Å². The smallest absolute Gasteiger partial charge is 0.259 e. The van der Waals surface area contributed by atoms with Gasteiger partial charge in [-0.25, -0.2) is 4.98 Å². The zero-order chi connectivity index (χ0) is 12.4. The van der Waals surface area contributed by atoms with Crippen LogP contribution in [0.4, 0.5) is 4.39 Å². The van der Waals surface area contributed by atoms with Crippen molar-refractivity contribution in [2.45, 2.75) is 19.8 Å². The monoisotopic (exact) mass is 233 g/mol. The van der Waals surface area contributed by atoms with Gasteiger partial charge in [0.2, 0.25) is 11.6 Å². The van der Waals surface area contributed by atoms with Crippen molar-refractivity contribution in [1.82, 2.24) is 9.97 Å². The molecule has 0 radical (unpaired) electrons. The molecule has 1 aromatic rings. The predicted molar refractivity (Wildman–Crippen MR) is 54.3 cm³/mol. The number of carbonyl (C=O) groups excluding carboxylic acids is 1. The van der Waals surface area contributed by atoms with E-state index in [0.717, 1.165) is 6.20 Å². The normalized spacial score (nSPS) is 15.0. The Balaban J connectivity index is 2.34. The van der Waals surface area contributed by atoms with E-state index in [1.807, 2.05) is 0 Å². The molecule has 6 heteroatoms. The molecule has 0 fully saturated rings. The summed E-state index contributed by atoms with van der Waals surface area (Å²) in [5, 5.41) is 8.76. The van der Waals surface area contributed by atoms with Gasteiger partial charge in [0.25, 0.3) is 5.88 Å². The highest BCUT2D eigenvalue weighted by Crippen LogP contribution is 2.26. The third-order valence-electron chi connectivity index (χ3n) is 2.45. The lowest BCUT2D eigenvalue weighted by Crippen LogP contribution is -2.02. The lowest BCUT2D eigenvalue weighted by atomic mass is 10.2. The second-order valence-electron chi connectivity index (χ2n) is 3.53. The number of ketones is 1. The van der Waals surface area contributed by atoms with Gasteiger partial charge in [-0.3, -0.25) is 4.79 Å². The maximum Gasteiger partial charge on any atom is 0.259 e. The minimum Gasteiger partial charge on any atom is -0.441 e. The van der Waals surface area contributed by atoms with E-state index >= 15 is 0 Å². The van der Waals surface area contributed by atoms with E-state index in [-0.39, 0.29) is 17.4 Å². The lowest BCUT2D eigenvalue weighted by molar-refractivity contribution is -0.114. The van der Waals surface area contributed by atoms with Crippen molar-refractivity contribution in [3.05, 3.63) is 29.2 Å². The Hall–Kier alpha value is -2.29. The number of allylic oxidation sites excluding steroid dienone is 2. The standard InChI is InChI=1S/C11H8FN3O2/c1-6-8(16)2-3-9(6)17-11-7(4-13)14-5-10(12)15-11/h5H,2-3H2,1H3. The number of ether oxygens (including phenoxy) is 1. The van der Waals surface area contributed by atoms with Crippen LogP contribution < -0.4 is 4.74 Å². The average Bonchev–Trinajstić information content (AvgIpc) is 2.61. The quantitative estimate of drug-likeness (QED) is 0.773. The van der Waals surface area contributed by atoms with Crippen LogP contribution in [0.15, 0.2) is 17.5 Å². The Morgan fingerprint density at radius 1 is 1.53 bits per heavy atom. The Bertz CT molecular complexity index is 560. The van der Waals surface area contributed by atoms with Gasteiger partial charge in [0.1, 0.15) is 11.8 Å². The third kappa shape index (κ3) is 2.13. The molecule has 1 aliphatic carbocycles. The van der Waals surface area contributed by atoms with E-state index in [4.69, 9.17) is 10.00 Å². The minimum atomic E-state index is -0.832. The molecule has 0 atom stereocenters. The second kappa shape index (κ2) is 4.29. The molecule has 0 saturated carbocycles. The summed E-state index contributed by atoms with van der Waals surface area (Å²) < 4.78 is 18.2. The van der Waals surface area contributed by atoms with E-state index < -0.39 is 5.95 Å². The zero-order valence-electron chi connectivity index (χ0n) is 9.03. The number of aromatic nitrogens is 2. The van der Waals surface area contributed by atoms with Crippen LogP contribution in [0.5, 0.6) is 5.88 Å². The Kier molecular flexibility index (Phi) is 2.83. The Labute approximate surface area is 96.6 Å². The summed E-state index contributed by atoms with van der Waals surface area (Å²) in [6.07, 6.45) is 1.64. The Morgan fingerprint density at radius 2 is 2.29 bits per heavy atom. The maximum absolute atomic E-state index is 12.9. The highest BCUT2D eigenvalue weighted by molar-refractivity contribution is 5.97. The van der Waals surface area contributed by atoms with Crippen molar-refractivity contribution in [3.8, 4) is 11.9 Å². The number of carbonyl (C=O) groups is 1. The molecule has 0 amide bonds. The number of hydrogen-bond donors (Lipinski definition) is 0. The van der Waals surface area contributed by atoms with Crippen molar-refractivity contribution in [2.24, 2.45) is 0 Å². The highest BCUT2D eigenvalue weighted by atomic mass is 19.1. The molecule has 1 heterocycles. The molecular weight excluding hydrogens is 225 g/mol. The summed E-state index contributed by atoms with van der Waals surface area (Å²) in [4.78, 5) is 18.3. The molecular formula is C11H8FN3O2. The van der Waals surface area contributed by atoms with Crippen molar-refractivity contribution in [1.29, 1.82) is 5.26 Å². The van der Waals surface area contributed by atoms with E-state index in [1.165, 1.54) is 0 Å². The van der Waals surface area contributed by atoms with Crippen molar-refractivity contribution in [2.75, 3.05) is 0 Å². The minimum absolute atomic E-state index is 0.0112. The van der Waals surface area contributed by atoms with E-state index in [9.17, 15) is 9.18 Å². The molecule has 17 heavy (non-hydrogen) atoms. The van der Waals surface area contributed by atoms with Gasteiger partial charge in [0.15, 0.2) is 5.78 Å². The lowest BCUT2D eigenvalue weighted by Gasteiger charge is -2.06. The van der Waals surface area contributed by atoms with Gasteiger partial charge in [-0.2, -0.15) is 14.6 Å². The maximum atomic E-state index is 12.9. The number of rotatable bonds is 2. The van der Waals surface area contributed by atoms with Crippen LogP contribution in [0.2, 0.25) is 0 Å². The van der Waals surface area contributed by atoms with Gasteiger partial charge in [-0.15, -0.1) is 0 Å². The van der Waals surface area contributed by atoms with Crippen LogP contribution in [0, 0.1) is 17.3 Å². The molecule has 1 aliphatic rings. The fourth-order valence-electron chi connectivity index (χ4n) is 1.50. The van der Waals surface area contributed by atoms with E-state index in [0.29, 0.717) is 24.2 Å². The SMILES string of the molecule is CC1=C(Oc2nc(F)cnc2C#N)CCC1=O. The highest BCUT2D eigenvalue weighted by Gasteiger charge is 2.22. The summed E-state index contributed by atoms with van der Waals surface area (Å²) in [6.45, 7) is 1.63. The number of halogens is 1. The first-order valence-electron chi connectivity index (χ1n) is 4.95. The van der Waals surface area contributed by atoms with Crippen LogP contribution in [0.25, 0.3) is 0 Å². The fraction of sp³-hybridized carbons (Fsp3) is 0.273. The number of Topliss-reactive ketones (excluding diaryl/α,β-unsaturated/α-hetero) is 1. The van der Waals surface area contributed by atoms with Gasteiger partial charge in [-0.05, 0) is 6.92 Å². The molecule has 1 aromatic heterocycles. The first-order chi connectivity index (χ1) is 8.11. The summed E-state index contributed by atoms with van der Waals surface area (Å²) in [7, 11) is 0. The second-order valence-corrected chi connectivity index (χ2v) is 3.53. The zero-order valence-corrected chi connectivity index (χ0v) is 9.03. The third-order valence-corrected chi connectivity index (χ3v) is 2.45. The number of nitriles is 1. The van der Waals surface area contributed by atoms with Gasteiger partial charge in [0, 0.05) is 18.4 Å². The molecule has 0 bridgehead atoms. The van der Waals surface area contributed by atoms with Gasteiger partial charge in [-0.1, -0.05) is 0 Å². The molecule has 0 N–H and O–H groups in total. The number of nitrogens with zero attached hydrogens (tertiary/aromatic N) is 3. The molecule has 86 valence electrons. The van der Waals surface area contributed by atoms with E-state index in [1.54, 1.807) is 13.0 Å². The largest absolute Gasteiger partial charge is 0.441 e. The van der Waals surface area contributed by atoms with Gasteiger partial charge in [0.05, 0.1) is 6.20 Å². The van der Waals surface area contributed by atoms with Crippen molar-refractivity contribution >= 4 is 5.78 Å². The van der Waals surface area contributed by atoms with Crippen LogP contribution in [-0.4, -0.2) is 15.8 Å². The van der Waals surface area contributed by atoms with Crippen LogP contribution in [-0.2, 0) is 4.79 Å². The molecule has 0 saturated heterocycles. The summed E-state index contributed by atoms with van der Waals surface area (Å²) in [5.74, 6) is -0.618. The molecule has 5 nitrogen and oxygen atoms in total. The van der Waals surface area contributed by atoms with Crippen molar-refractivity contribution in [3.63, 3.8) is 0 Å². The van der Waals surface area contributed by atoms with Gasteiger partial charge < -0.3 is 4.74 Å². The Morgan fingerprint density at radius 3 is 2.88 bits per heavy atom. The van der Waals surface area contributed by atoms with Gasteiger partial charge >= 0.3 is 0 Å². The van der Waals surface area contributed by atoms with Crippen LogP contribution >= 0.6 is 0 Å². The summed E-state index contributed by atoms with van der Waals surface area (Å²) in [5.41, 5.74) is 0.381. The summed E-state index contributed by atoms with van der Waals surface area (Å²) in [6, 6.07) is 1.75. The fourth-order valence-corrected chi connectivity index (χ4v) is 1.50. The molecule has 0 aliphatic heterocycles.